The number of carbonyl (C=O) groups excluding carboxylic acids is 1. The number of amides is 2. The zero-order chi connectivity index (χ0) is 24.3. The van der Waals surface area contributed by atoms with Crippen LogP contribution in [0, 0.1) is 28.8 Å². The van der Waals surface area contributed by atoms with E-state index in [0.29, 0.717) is 19.6 Å². The Balaban J connectivity index is 1.51. The fraction of sp³-hybridized carbons (Fsp3) is 0.458. The monoisotopic (exact) mass is 493 g/mol. The van der Waals surface area contributed by atoms with E-state index in [2.05, 4.69) is 0 Å². The van der Waals surface area contributed by atoms with Crippen molar-refractivity contribution in [3.05, 3.63) is 59.4 Å². The number of urea groups is 1. The molecule has 2 unspecified atom stereocenters. The first-order valence-corrected chi connectivity index (χ1v) is 13.1. The highest BCUT2D eigenvalue weighted by Crippen LogP contribution is 2.59. The lowest BCUT2D eigenvalue weighted by molar-refractivity contribution is 0.118. The Bertz CT molecular complexity index is 1230. The molecular formula is C24H26F3N3O3S. The van der Waals surface area contributed by atoms with E-state index in [-0.39, 0.29) is 40.3 Å². The van der Waals surface area contributed by atoms with E-state index in [0.717, 1.165) is 37.5 Å². The van der Waals surface area contributed by atoms with Gasteiger partial charge in [-0.25, -0.2) is 31.5 Å². The molecule has 0 radical (unpaired) electrons. The molecule has 3 aliphatic rings. The molecule has 6 nitrogen and oxygen atoms in total. The first kappa shape index (κ1) is 23.2. The standard InChI is InChI=1S/C24H26F3N3O3S/c25-17-9-16(10-18(26)12-17)19-4-1-3-15(22(19)27)11-21-20(13-34(28,32)33)24(5-6-24)14-30(21)23(31)29-7-2-8-29/h1,3-4,9-10,12,20-21H,2,5-8,11,13-14H2,(H2,28,32,33). The van der Waals surface area contributed by atoms with E-state index < -0.39 is 39.4 Å². The van der Waals surface area contributed by atoms with Gasteiger partial charge in [0.2, 0.25) is 10.0 Å². The highest BCUT2D eigenvalue weighted by molar-refractivity contribution is 7.89. The van der Waals surface area contributed by atoms with Crippen LogP contribution >= 0.6 is 0 Å². The molecule has 2 heterocycles. The third kappa shape index (κ3) is 4.29. The van der Waals surface area contributed by atoms with Crippen molar-refractivity contribution in [1.29, 1.82) is 0 Å². The van der Waals surface area contributed by atoms with Crippen LogP contribution in [0.25, 0.3) is 11.1 Å². The van der Waals surface area contributed by atoms with Crippen LogP contribution in [0.2, 0.25) is 0 Å². The maximum Gasteiger partial charge on any atom is 0.320 e. The first-order chi connectivity index (χ1) is 16.1. The lowest BCUT2D eigenvalue weighted by Crippen LogP contribution is -2.52. The van der Waals surface area contributed by atoms with Gasteiger partial charge in [0.05, 0.1) is 5.75 Å². The summed E-state index contributed by atoms with van der Waals surface area (Å²) in [4.78, 5) is 16.6. The van der Waals surface area contributed by atoms with Gasteiger partial charge in [0.15, 0.2) is 0 Å². The number of sulfonamides is 1. The van der Waals surface area contributed by atoms with Gasteiger partial charge in [0.1, 0.15) is 17.5 Å². The highest BCUT2D eigenvalue weighted by atomic mass is 32.2. The maximum absolute atomic E-state index is 15.6. The number of hydrogen-bond acceptors (Lipinski definition) is 3. The second kappa shape index (κ2) is 8.27. The average Bonchev–Trinajstić information content (AvgIpc) is 3.42. The molecule has 34 heavy (non-hydrogen) atoms. The minimum atomic E-state index is -3.82. The molecule has 1 saturated carbocycles. The Morgan fingerprint density at radius 2 is 1.76 bits per heavy atom. The van der Waals surface area contributed by atoms with Crippen LogP contribution in [0.5, 0.6) is 0 Å². The molecule has 5 rings (SSSR count). The molecule has 1 spiro atoms. The normalized spacial score (nSPS) is 23.3. The Hall–Kier alpha value is -2.59. The fourth-order valence-corrected chi connectivity index (χ4v) is 6.55. The van der Waals surface area contributed by atoms with Gasteiger partial charge >= 0.3 is 6.03 Å². The van der Waals surface area contributed by atoms with E-state index in [9.17, 15) is 22.0 Å². The molecule has 10 heteroatoms. The number of nitrogens with two attached hydrogens (primary N) is 1. The molecular weight excluding hydrogens is 467 g/mol. The van der Waals surface area contributed by atoms with Crippen molar-refractivity contribution in [2.45, 2.75) is 31.7 Å². The van der Waals surface area contributed by atoms with Crippen molar-refractivity contribution < 1.29 is 26.4 Å². The SMILES string of the molecule is NS(=O)(=O)CC1C(Cc2cccc(-c3cc(F)cc(F)c3)c2F)N(C(=O)N2CCC2)CC12CC2. The molecule has 2 amide bonds. The Kier molecular flexibility index (Phi) is 5.63. The lowest BCUT2D eigenvalue weighted by Gasteiger charge is -2.37. The third-order valence-corrected chi connectivity index (χ3v) is 8.32. The minimum absolute atomic E-state index is 0.0404. The summed E-state index contributed by atoms with van der Waals surface area (Å²) in [6.07, 6.45) is 2.58. The van der Waals surface area contributed by atoms with Crippen molar-refractivity contribution in [3.8, 4) is 11.1 Å². The first-order valence-electron chi connectivity index (χ1n) is 11.4. The zero-order valence-corrected chi connectivity index (χ0v) is 19.3. The van der Waals surface area contributed by atoms with Crippen LogP contribution in [0.1, 0.15) is 24.8 Å². The largest absolute Gasteiger partial charge is 0.325 e. The van der Waals surface area contributed by atoms with Crippen molar-refractivity contribution in [1.82, 2.24) is 9.80 Å². The smallest absolute Gasteiger partial charge is 0.320 e. The molecule has 1 aliphatic carbocycles. The summed E-state index contributed by atoms with van der Waals surface area (Å²) < 4.78 is 67.2. The molecule has 0 aromatic heterocycles. The second-order valence-corrected chi connectivity index (χ2v) is 11.4. The summed E-state index contributed by atoms with van der Waals surface area (Å²) >= 11 is 0. The fourth-order valence-electron chi connectivity index (χ4n) is 5.47. The minimum Gasteiger partial charge on any atom is -0.325 e. The summed E-state index contributed by atoms with van der Waals surface area (Å²) in [5, 5.41) is 5.41. The van der Waals surface area contributed by atoms with Gasteiger partial charge in [-0.15, -0.1) is 0 Å². The van der Waals surface area contributed by atoms with Gasteiger partial charge in [0, 0.05) is 43.2 Å². The topological polar surface area (TPSA) is 83.7 Å². The van der Waals surface area contributed by atoms with E-state index in [1.807, 2.05) is 0 Å². The van der Waals surface area contributed by atoms with Crippen LogP contribution < -0.4 is 5.14 Å². The molecule has 2 aromatic rings. The molecule has 182 valence electrons. The van der Waals surface area contributed by atoms with Crippen molar-refractivity contribution in [2.75, 3.05) is 25.4 Å². The highest BCUT2D eigenvalue weighted by Gasteiger charge is 2.61. The Morgan fingerprint density at radius 1 is 1.09 bits per heavy atom. The number of halogens is 3. The quantitative estimate of drug-likeness (QED) is 0.692. The number of rotatable bonds is 5. The number of nitrogens with zero attached hydrogens (tertiary/aromatic N) is 2. The van der Waals surface area contributed by atoms with Gasteiger partial charge in [0.25, 0.3) is 0 Å². The number of carbonyl (C=O) groups is 1. The van der Waals surface area contributed by atoms with Crippen LogP contribution in [0.4, 0.5) is 18.0 Å². The summed E-state index contributed by atoms with van der Waals surface area (Å²) in [5.41, 5.74) is 0.0399. The molecule has 2 aliphatic heterocycles. The number of hydrogen-bond donors (Lipinski definition) is 1. The Labute approximate surface area is 196 Å². The van der Waals surface area contributed by atoms with Crippen LogP contribution in [0.3, 0.4) is 0 Å². The molecule has 2 saturated heterocycles. The van der Waals surface area contributed by atoms with Crippen LogP contribution in [-0.2, 0) is 16.4 Å². The third-order valence-electron chi connectivity index (χ3n) is 7.49. The number of primary sulfonamides is 1. The van der Waals surface area contributed by atoms with E-state index >= 15 is 4.39 Å². The number of likely N-dealkylation sites (tertiary alicyclic amines) is 2. The number of benzene rings is 2. The predicted molar refractivity (Wildman–Crippen MR) is 121 cm³/mol. The van der Waals surface area contributed by atoms with Gasteiger partial charge in [-0.05, 0) is 54.4 Å². The van der Waals surface area contributed by atoms with E-state index in [1.165, 1.54) is 6.07 Å². The average molecular weight is 494 g/mol. The van der Waals surface area contributed by atoms with E-state index in [4.69, 9.17) is 5.14 Å². The predicted octanol–water partition coefficient (Wildman–Crippen LogP) is 3.51. The van der Waals surface area contributed by atoms with Crippen molar-refractivity contribution in [2.24, 2.45) is 16.5 Å². The van der Waals surface area contributed by atoms with Gasteiger partial charge in [-0.1, -0.05) is 18.2 Å². The second-order valence-electron chi connectivity index (χ2n) is 9.76. The molecule has 2 atom stereocenters. The zero-order valence-electron chi connectivity index (χ0n) is 18.5. The van der Waals surface area contributed by atoms with Crippen LogP contribution in [0.15, 0.2) is 36.4 Å². The van der Waals surface area contributed by atoms with Crippen molar-refractivity contribution >= 4 is 16.1 Å². The lowest BCUT2D eigenvalue weighted by atomic mass is 9.86. The van der Waals surface area contributed by atoms with E-state index in [1.54, 1.807) is 21.9 Å². The van der Waals surface area contributed by atoms with Gasteiger partial charge < -0.3 is 9.80 Å². The molecule has 2 aromatic carbocycles. The van der Waals surface area contributed by atoms with Gasteiger partial charge in [-0.3, -0.25) is 0 Å². The summed E-state index contributed by atoms with van der Waals surface area (Å²) in [6, 6.07) is 6.71. The maximum atomic E-state index is 15.6. The Morgan fingerprint density at radius 3 is 2.32 bits per heavy atom. The van der Waals surface area contributed by atoms with Crippen LogP contribution in [-0.4, -0.2) is 55.7 Å². The summed E-state index contributed by atoms with van der Waals surface area (Å²) in [6.45, 7) is 1.71. The summed E-state index contributed by atoms with van der Waals surface area (Å²) in [5.74, 6) is -2.97. The summed E-state index contributed by atoms with van der Waals surface area (Å²) in [7, 11) is -3.82. The molecule has 2 N–H and O–H groups in total. The van der Waals surface area contributed by atoms with Gasteiger partial charge in [-0.2, -0.15) is 0 Å². The molecule has 3 fully saturated rings. The molecule has 0 bridgehead atoms. The van der Waals surface area contributed by atoms with Crippen molar-refractivity contribution in [3.63, 3.8) is 0 Å².